The third-order valence-corrected chi connectivity index (χ3v) is 6.04. The monoisotopic (exact) mass is 448 g/mol. The van der Waals surface area contributed by atoms with Crippen molar-refractivity contribution in [1.82, 2.24) is 10.3 Å². The average Bonchev–Trinajstić information content (AvgIpc) is 3.10. The van der Waals surface area contributed by atoms with E-state index in [4.69, 9.17) is 0 Å². The van der Waals surface area contributed by atoms with Gasteiger partial charge in [-0.25, -0.2) is 5.43 Å². The van der Waals surface area contributed by atoms with Crippen molar-refractivity contribution in [2.75, 3.05) is 19.4 Å². The van der Waals surface area contributed by atoms with Crippen LogP contribution in [0.1, 0.15) is 48.5 Å². The molecule has 0 saturated carbocycles. The molecule has 2 amide bonds. The molecule has 0 unspecified atom stereocenters. The molecule has 0 radical (unpaired) electrons. The number of amides is 2. The minimum absolute atomic E-state index is 0.250. The zero-order valence-electron chi connectivity index (χ0n) is 19.0. The van der Waals surface area contributed by atoms with Gasteiger partial charge < -0.3 is 10.2 Å². The van der Waals surface area contributed by atoms with E-state index in [0.717, 1.165) is 28.8 Å². The van der Waals surface area contributed by atoms with E-state index in [-0.39, 0.29) is 11.8 Å². The number of nitrogens with one attached hydrogen (secondary N) is 2. The molecule has 0 fully saturated rings. The van der Waals surface area contributed by atoms with Gasteiger partial charge in [0.25, 0.3) is 11.8 Å². The Morgan fingerprint density at radius 1 is 1.00 bits per heavy atom. The van der Waals surface area contributed by atoms with Crippen molar-refractivity contribution in [2.45, 2.75) is 27.3 Å². The number of hydrogen-bond donors (Lipinski definition) is 2. The molecule has 1 aromatic heterocycles. The predicted octanol–water partition coefficient (Wildman–Crippen LogP) is 4.75. The van der Waals surface area contributed by atoms with E-state index in [2.05, 4.69) is 15.8 Å². The summed E-state index contributed by atoms with van der Waals surface area (Å²) in [7, 11) is 3.96. The fraction of sp³-hybridized carbons (Fsp3) is 0.240. The van der Waals surface area contributed by atoms with Crippen molar-refractivity contribution in [3.8, 4) is 0 Å². The molecule has 32 heavy (non-hydrogen) atoms. The summed E-state index contributed by atoms with van der Waals surface area (Å²) in [6.07, 6.45) is 1.61. The molecular weight excluding hydrogens is 420 g/mol. The summed E-state index contributed by atoms with van der Waals surface area (Å²) >= 11 is 1.32. The number of benzene rings is 2. The predicted molar refractivity (Wildman–Crippen MR) is 132 cm³/mol. The second kappa shape index (κ2) is 10.3. The molecule has 7 heteroatoms. The molecule has 0 saturated heterocycles. The average molecular weight is 449 g/mol. The lowest BCUT2D eigenvalue weighted by atomic mass is 10.1. The zero-order chi connectivity index (χ0) is 23.3. The zero-order valence-corrected chi connectivity index (χ0v) is 19.8. The van der Waals surface area contributed by atoms with Crippen molar-refractivity contribution in [1.29, 1.82) is 0 Å². The van der Waals surface area contributed by atoms with Crippen molar-refractivity contribution in [3.63, 3.8) is 0 Å². The van der Waals surface area contributed by atoms with E-state index in [1.807, 2.05) is 81.5 Å². The van der Waals surface area contributed by atoms with Crippen LogP contribution in [-0.4, -0.2) is 37.0 Å². The highest BCUT2D eigenvalue weighted by Crippen LogP contribution is 2.28. The van der Waals surface area contributed by atoms with Gasteiger partial charge in [0.15, 0.2) is 0 Å². The quantitative estimate of drug-likeness (QED) is 0.405. The second-order valence-corrected chi connectivity index (χ2v) is 8.94. The lowest BCUT2D eigenvalue weighted by Gasteiger charge is -2.11. The van der Waals surface area contributed by atoms with Crippen molar-refractivity contribution in [3.05, 3.63) is 86.8 Å². The highest BCUT2D eigenvalue weighted by atomic mass is 32.1. The molecule has 0 bridgehead atoms. The molecule has 0 aliphatic carbocycles. The Bertz CT molecular complexity index is 1160. The normalized spacial score (nSPS) is 11.2. The van der Waals surface area contributed by atoms with Gasteiger partial charge in [-0.2, -0.15) is 5.10 Å². The Morgan fingerprint density at radius 3 is 2.50 bits per heavy atom. The van der Waals surface area contributed by atoms with E-state index in [9.17, 15) is 9.59 Å². The number of hydrazone groups is 1. The summed E-state index contributed by atoms with van der Waals surface area (Å²) in [5, 5.41) is 9.33. The van der Waals surface area contributed by atoms with Gasteiger partial charge in [0, 0.05) is 12.1 Å². The summed E-state index contributed by atoms with van der Waals surface area (Å²) in [5.74, 6) is -0.611. The maximum Gasteiger partial charge on any atom is 0.274 e. The SMILES string of the molecule is Cc1ccc(/C=N/NC(=O)c2c(C)csc2NC(=O)c2cccc(CN(C)C)c2)cc1C. The molecule has 1 heterocycles. The third-order valence-electron chi connectivity index (χ3n) is 5.03. The number of thiophene rings is 1. The van der Waals surface area contributed by atoms with Crippen LogP contribution >= 0.6 is 11.3 Å². The fourth-order valence-corrected chi connectivity index (χ4v) is 4.17. The Labute approximate surface area is 193 Å². The van der Waals surface area contributed by atoms with Crippen LogP contribution in [0.4, 0.5) is 5.00 Å². The highest BCUT2D eigenvalue weighted by molar-refractivity contribution is 7.15. The van der Waals surface area contributed by atoms with Crippen LogP contribution in [-0.2, 0) is 6.54 Å². The Balaban J connectivity index is 1.71. The maximum absolute atomic E-state index is 12.8. The van der Waals surface area contributed by atoms with Crippen molar-refractivity contribution < 1.29 is 9.59 Å². The van der Waals surface area contributed by atoms with Crippen LogP contribution in [0.25, 0.3) is 0 Å². The smallest absolute Gasteiger partial charge is 0.274 e. The number of hydrogen-bond acceptors (Lipinski definition) is 5. The van der Waals surface area contributed by atoms with E-state index in [0.29, 0.717) is 16.1 Å². The lowest BCUT2D eigenvalue weighted by molar-refractivity contribution is 0.0956. The van der Waals surface area contributed by atoms with Gasteiger partial charge in [0.2, 0.25) is 0 Å². The first-order chi connectivity index (χ1) is 15.2. The van der Waals surface area contributed by atoms with Crippen molar-refractivity contribution >= 4 is 34.4 Å². The molecule has 6 nitrogen and oxygen atoms in total. The standard InChI is InChI=1S/C25H28N4O2S/c1-16-9-10-19(11-17(16)2)13-26-28-24(31)22-18(3)15-32-25(22)27-23(30)21-8-6-7-20(12-21)14-29(4)5/h6-13,15H,14H2,1-5H3,(H,27,30)(H,28,31)/b26-13+. The second-order valence-electron chi connectivity index (χ2n) is 8.06. The first-order valence-corrected chi connectivity index (χ1v) is 11.2. The third kappa shape index (κ3) is 5.90. The minimum atomic E-state index is -0.361. The van der Waals surface area contributed by atoms with Gasteiger partial charge in [-0.05, 0) is 80.2 Å². The Hall–Kier alpha value is -3.29. The van der Waals surface area contributed by atoms with Gasteiger partial charge in [-0.3, -0.25) is 9.59 Å². The first-order valence-electron chi connectivity index (χ1n) is 10.3. The highest BCUT2D eigenvalue weighted by Gasteiger charge is 2.19. The van der Waals surface area contributed by atoms with Gasteiger partial charge in [0.05, 0.1) is 11.8 Å². The summed E-state index contributed by atoms with van der Waals surface area (Å²) < 4.78 is 0. The molecule has 0 aliphatic rings. The van der Waals surface area contributed by atoms with Crippen LogP contribution in [0.3, 0.4) is 0 Å². The van der Waals surface area contributed by atoms with Gasteiger partial charge in [-0.1, -0.05) is 30.3 Å². The first kappa shape index (κ1) is 23.4. The summed E-state index contributed by atoms with van der Waals surface area (Å²) in [6.45, 7) is 6.66. The number of anilines is 1. The Morgan fingerprint density at radius 2 is 1.78 bits per heavy atom. The molecule has 0 aliphatic heterocycles. The fourth-order valence-electron chi connectivity index (χ4n) is 3.24. The number of aryl methyl sites for hydroxylation is 3. The van der Waals surface area contributed by atoms with Crippen molar-refractivity contribution in [2.24, 2.45) is 5.10 Å². The van der Waals surface area contributed by atoms with Gasteiger partial charge >= 0.3 is 0 Å². The molecule has 3 rings (SSSR count). The lowest BCUT2D eigenvalue weighted by Crippen LogP contribution is -2.21. The largest absolute Gasteiger partial charge is 0.313 e. The number of rotatable bonds is 7. The number of carbonyl (C=O) groups is 2. The maximum atomic E-state index is 12.8. The van der Waals surface area contributed by atoms with Crippen LogP contribution in [0.5, 0.6) is 0 Å². The van der Waals surface area contributed by atoms with E-state index < -0.39 is 0 Å². The minimum Gasteiger partial charge on any atom is -0.313 e. The van der Waals surface area contributed by atoms with Crippen LogP contribution in [0.2, 0.25) is 0 Å². The van der Waals surface area contributed by atoms with Gasteiger partial charge in [-0.15, -0.1) is 11.3 Å². The summed E-state index contributed by atoms with van der Waals surface area (Å²) in [6, 6.07) is 13.5. The molecular formula is C25H28N4O2S. The van der Waals surface area contributed by atoms with E-state index in [1.165, 1.54) is 16.9 Å². The van der Waals surface area contributed by atoms with Crippen LogP contribution < -0.4 is 10.7 Å². The van der Waals surface area contributed by atoms with E-state index >= 15 is 0 Å². The number of nitrogens with zero attached hydrogens (tertiary/aromatic N) is 2. The molecule has 166 valence electrons. The molecule has 2 N–H and O–H groups in total. The summed E-state index contributed by atoms with van der Waals surface area (Å²) in [4.78, 5) is 27.6. The van der Waals surface area contributed by atoms with Gasteiger partial charge in [0.1, 0.15) is 5.00 Å². The molecule has 2 aromatic carbocycles. The topological polar surface area (TPSA) is 73.8 Å². The van der Waals surface area contributed by atoms with Crippen LogP contribution in [0.15, 0.2) is 52.9 Å². The molecule has 3 aromatic rings. The summed E-state index contributed by atoms with van der Waals surface area (Å²) in [5.41, 5.74) is 8.64. The number of carbonyl (C=O) groups excluding carboxylic acids is 2. The van der Waals surface area contributed by atoms with Crippen LogP contribution in [0, 0.1) is 20.8 Å². The van der Waals surface area contributed by atoms with E-state index in [1.54, 1.807) is 12.3 Å². The molecule has 0 spiro atoms. The molecule has 0 atom stereocenters. The Kier molecular flexibility index (Phi) is 7.56.